The Bertz CT molecular complexity index is 769. The van der Waals surface area contributed by atoms with Gasteiger partial charge in [0.15, 0.2) is 0 Å². The SMILES string of the molecule is O=c1[nH]c2ccc(O)cc2n1-c1ccc(O)cc1. The van der Waals surface area contributed by atoms with Gasteiger partial charge in [-0.3, -0.25) is 4.57 Å². The molecular formula is C13H10N2O3. The minimum atomic E-state index is -0.290. The zero-order valence-corrected chi connectivity index (χ0v) is 9.29. The molecule has 0 radical (unpaired) electrons. The summed E-state index contributed by atoms with van der Waals surface area (Å²) >= 11 is 0. The first kappa shape index (κ1) is 10.5. The number of H-pyrrole nitrogens is 1. The molecule has 3 rings (SSSR count). The van der Waals surface area contributed by atoms with Crippen LogP contribution in [0.1, 0.15) is 0 Å². The second kappa shape index (κ2) is 3.66. The first-order chi connectivity index (χ1) is 8.65. The first-order valence-electron chi connectivity index (χ1n) is 5.38. The molecule has 3 N–H and O–H groups in total. The Morgan fingerprint density at radius 2 is 1.61 bits per heavy atom. The van der Waals surface area contributed by atoms with Gasteiger partial charge in [-0.2, -0.15) is 0 Å². The zero-order valence-electron chi connectivity index (χ0n) is 9.29. The zero-order chi connectivity index (χ0) is 12.7. The predicted molar refractivity (Wildman–Crippen MR) is 67.2 cm³/mol. The fourth-order valence-corrected chi connectivity index (χ4v) is 1.95. The highest BCUT2D eigenvalue weighted by atomic mass is 16.3. The summed E-state index contributed by atoms with van der Waals surface area (Å²) in [6.07, 6.45) is 0. The van der Waals surface area contributed by atoms with Crippen molar-refractivity contribution in [3.05, 3.63) is 52.9 Å². The second-order valence-corrected chi connectivity index (χ2v) is 3.98. The normalized spacial score (nSPS) is 10.9. The number of hydrogen-bond acceptors (Lipinski definition) is 3. The standard InChI is InChI=1S/C13H10N2O3/c16-9-3-1-8(2-4-9)15-12-7-10(17)5-6-11(12)14-13(15)18/h1-7,16-17H,(H,14,18). The van der Waals surface area contributed by atoms with E-state index in [0.717, 1.165) is 0 Å². The average Bonchev–Trinajstić information content (AvgIpc) is 2.66. The fourth-order valence-electron chi connectivity index (χ4n) is 1.95. The molecule has 2 aromatic carbocycles. The van der Waals surface area contributed by atoms with Crippen LogP contribution >= 0.6 is 0 Å². The number of phenols is 2. The molecule has 3 aromatic rings. The summed E-state index contributed by atoms with van der Waals surface area (Å²) in [6.45, 7) is 0. The lowest BCUT2D eigenvalue weighted by atomic mass is 10.2. The number of benzene rings is 2. The van der Waals surface area contributed by atoms with Crippen LogP contribution in [0, 0.1) is 0 Å². The summed E-state index contributed by atoms with van der Waals surface area (Å²) in [6, 6.07) is 10.9. The summed E-state index contributed by atoms with van der Waals surface area (Å²) in [7, 11) is 0. The van der Waals surface area contributed by atoms with E-state index in [1.165, 1.54) is 28.8 Å². The topological polar surface area (TPSA) is 78.2 Å². The Kier molecular flexibility index (Phi) is 2.13. The van der Waals surface area contributed by atoms with Crippen LogP contribution < -0.4 is 5.69 Å². The Morgan fingerprint density at radius 3 is 2.33 bits per heavy atom. The van der Waals surface area contributed by atoms with Crippen molar-refractivity contribution in [2.45, 2.75) is 0 Å². The van der Waals surface area contributed by atoms with Crippen molar-refractivity contribution in [1.82, 2.24) is 9.55 Å². The van der Waals surface area contributed by atoms with E-state index in [9.17, 15) is 15.0 Å². The van der Waals surface area contributed by atoms with Gasteiger partial charge >= 0.3 is 5.69 Å². The molecule has 1 heterocycles. The highest BCUT2D eigenvalue weighted by Gasteiger charge is 2.09. The van der Waals surface area contributed by atoms with Gasteiger partial charge in [0.1, 0.15) is 11.5 Å². The van der Waals surface area contributed by atoms with Crippen LogP contribution in [0.5, 0.6) is 11.5 Å². The number of aromatic nitrogens is 2. The molecule has 5 heteroatoms. The average molecular weight is 242 g/mol. The molecule has 0 fully saturated rings. The second-order valence-electron chi connectivity index (χ2n) is 3.98. The molecule has 0 unspecified atom stereocenters. The van der Waals surface area contributed by atoms with Crippen LogP contribution in [-0.2, 0) is 0 Å². The third-order valence-electron chi connectivity index (χ3n) is 2.77. The lowest BCUT2D eigenvalue weighted by Gasteiger charge is -2.03. The molecule has 1 aromatic heterocycles. The van der Waals surface area contributed by atoms with Gasteiger partial charge < -0.3 is 15.2 Å². The van der Waals surface area contributed by atoms with Crippen LogP contribution in [-0.4, -0.2) is 19.8 Å². The number of nitrogens with one attached hydrogen (secondary N) is 1. The first-order valence-corrected chi connectivity index (χ1v) is 5.38. The van der Waals surface area contributed by atoms with E-state index in [1.807, 2.05) is 0 Å². The number of rotatable bonds is 1. The molecule has 0 aliphatic rings. The third-order valence-corrected chi connectivity index (χ3v) is 2.77. The molecule has 0 saturated carbocycles. The molecule has 0 saturated heterocycles. The van der Waals surface area contributed by atoms with Gasteiger partial charge in [0.2, 0.25) is 0 Å². The van der Waals surface area contributed by atoms with Crippen molar-refractivity contribution in [3.63, 3.8) is 0 Å². The molecule has 90 valence electrons. The summed E-state index contributed by atoms with van der Waals surface area (Å²) in [5.74, 6) is 0.225. The van der Waals surface area contributed by atoms with Gasteiger partial charge in [-0.05, 0) is 36.4 Å². The summed E-state index contributed by atoms with van der Waals surface area (Å²) in [4.78, 5) is 14.6. The van der Waals surface area contributed by atoms with E-state index in [4.69, 9.17) is 0 Å². The molecule has 0 aliphatic heterocycles. The lowest BCUT2D eigenvalue weighted by molar-refractivity contribution is 0.474. The van der Waals surface area contributed by atoms with E-state index in [0.29, 0.717) is 16.7 Å². The van der Waals surface area contributed by atoms with Crippen molar-refractivity contribution in [2.24, 2.45) is 0 Å². The smallest absolute Gasteiger partial charge is 0.331 e. The van der Waals surface area contributed by atoms with E-state index in [1.54, 1.807) is 18.2 Å². The quantitative estimate of drug-likeness (QED) is 0.608. The monoisotopic (exact) mass is 242 g/mol. The summed E-state index contributed by atoms with van der Waals surface area (Å²) < 4.78 is 1.44. The van der Waals surface area contributed by atoms with E-state index in [-0.39, 0.29) is 17.2 Å². The van der Waals surface area contributed by atoms with Gasteiger partial charge in [-0.25, -0.2) is 4.79 Å². The predicted octanol–water partition coefficient (Wildman–Crippen LogP) is 1.73. The minimum absolute atomic E-state index is 0.0917. The highest BCUT2D eigenvalue weighted by Crippen LogP contribution is 2.21. The molecular weight excluding hydrogens is 232 g/mol. The third kappa shape index (κ3) is 1.53. The maximum atomic E-state index is 11.9. The number of phenolic OH excluding ortho intramolecular Hbond substituents is 2. The van der Waals surface area contributed by atoms with Gasteiger partial charge in [-0.15, -0.1) is 0 Å². The van der Waals surface area contributed by atoms with Crippen LogP contribution in [0.3, 0.4) is 0 Å². The van der Waals surface area contributed by atoms with E-state index in [2.05, 4.69) is 4.98 Å². The van der Waals surface area contributed by atoms with Crippen molar-refractivity contribution in [1.29, 1.82) is 0 Å². The minimum Gasteiger partial charge on any atom is -0.508 e. The number of fused-ring (bicyclic) bond motifs is 1. The van der Waals surface area contributed by atoms with Gasteiger partial charge in [0.25, 0.3) is 0 Å². The number of aromatic amines is 1. The molecule has 18 heavy (non-hydrogen) atoms. The maximum absolute atomic E-state index is 11.9. The fraction of sp³-hybridized carbons (Fsp3) is 0. The molecule has 5 nitrogen and oxygen atoms in total. The molecule has 0 atom stereocenters. The van der Waals surface area contributed by atoms with Crippen molar-refractivity contribution in [2.75, 3.05) is 0 Å². The largest absolute Gasteiger partial charge is 0.508 e. The maximum Gasteiger partial charge on any atom is 0.331 e. The highest BCUT2D eigenvalue weighted by molar-refractivity contribution is 5.78. The summed E-state index contributed by atoms with van der Waals surface area (Å²) in [5, 5.41) is 18.7. The Labute approximate surface area is 102 Å². The molecule has 0 spiro atoms. The lowest BCUT2D eigenvalue weighted by Crippen LogP contribution is -2.14. The molecule has 0 amide bonds. The van der Waals surface area contributed by atoms with Crippen LogP contribution in [0.4, 0.5) is 0 Å². The molecule has 0 aliphatic carbocycles. The van der Waals surface area contributed by atoms with Crippen molar-refractivity contribution in [3.8, 4) is 17.2 Å². The van der Waals surface area contributed by atoms with Gasteiger partial charge in [-0.1, -0.05) is 0 Å². The van der Waals surface area contributed by atoms with E-state index >= 15 is 0 Å². The molecule has 0 bridgehead atoms. The number of hydrogen-bond donors (Lipinski definition) is 3. The Morgan fingerprint density at radius 1 is 0.944 bits per heavy atom. The Balaban J connectivity index is 2.34. The number of imidazole rings is 1. The van der Waals surface area contributed by atoms with Crippen LogP contribution in [0.15, 0.2) is 47.3 Å². The van der Waals surface area contributed by atoms with Crippen LogP contribution in [0.2, 0.25) is 0 Å². The van der Waals surface area contributed by atoms with E-state index < -0.39 is 0 Å². The van der Waals surface area contributed by atoms with Crippen LogP contribution in [0.25, 0.3) is 16.7 Å². The van der Waals surface area contributed by atoms with Crippen molar-refractivity contribution >= 4 is 11.0 Å². The van der Waals surface area contributed by atoms with Gasteiger partial charge in [0.05, 0.1) is 16.7 Å². The number of nitrogens with zero attached hydrogens (tertiary/aromatic N) is 1. The van der Waals surface area contributed by atoms with Gasteiger partial charge in [0, 0.05) is 6.07 Å². The Hall–Kier alpha value is -2.69. The number of aromatic hydroxyl groups is 2. The summed E-state index contributed by atoms with van der Waals surface area (Å²) in [5.41, 5.74) is 1.56. The van der Waals surface area contributed by atoms with Crippen molar-refractivity contribution < 1.29 is 10.2 Å².